The summed E-state index contributed by atoms with van der Waals surface area (Å²) in [6.07, 6.45) is 0.882. The maximum absolute atomic E-state index is 12.2. The second kappa shape index (κ2) is 7.96. The van der Waals surface area contributed by atoms with Gasteiger partial charge in [-0.15, -0.1) is 0 Å². The molecule has 0 bridgehead atoms. The third-order valence-corrected chi connectivity index (χ3v) is 5.36. The highest BCUT2D eigenvalue weighted by Crippen LogP contribution is 2.21. The van der Waals surface area contributed by atoms with Crippen molar-refractivity contribution >= 4 is 28.7 Å². The molecule has 3 aromatic rings. The van der Waals surface area contributed by atoms with Crippen molar-refractivity contribution in [3.63, 3.8) is 0 Å². The molecule has 7 nitrogen and oxygen atoms in total. The van der Waals surface area contributed by atoms with E-state index in [4.69, 9.17) is 5.41 Å². The lowest BCUT2D eigenvalue weighted by molar-refractivity contribution is -0.119. The number of carbonyl (C=O) groups is 1. The van der Waals surface area contributed by atoms with Gasteiger partial charge in [-0.2, -0.15) is 5.10 Å². The Morgan fingerprint density at radius 1 is 1.33 bits per heavy atom. The van der Waals surface area contributed by atoms with E-state index in [-0.39, 0.29) is 17.7 Å². The van der Waals surface area contributed by atoms with Gasteiger partial charge in [0.05, 0.1) is 11.1 Å². The number of hydrogen-bond acceptors (Lipinski definition) is 5. The molecule has 3 N–H and O–H groups in total. The number of nitrogens with one attached hydrogen (secondary N) is 3. The molecule has 0 radical (unpaired) electrons. The van der Waals surface area contributed by atoms with Gasteiger partial charge in [0.2, 0.25) is 5.91 Å². The van der Waals surface area contributed by atoms with Crippen LogP contribution < -0.4 is 10.8 Å². The van der Waals surface area contributed by atoms with E-state index in [1.165, 1.54) is 11.8 Å². The molecule has 3 rings (SSSR count). The lowest BCUT2D eigenvalue weighted by Gasteiger charge is -2.14. The summed E-state index contributed by atoms with van der Waals surface area (Å²) >= 11 is 1.31. The average Bonchev–Trinajstić information content (AvgIpc) is 3.02. The smallest absolute Gasteiger partial charge is 0.230 e. The first-order valence-electron chi connectivity index (χ1n) is 8.92. The second-order valence-electron chi connectivity index (χ2n) is 6.63. The monoisotopic (exact) mass is 384 g/mol. The van der Waals surface area contributed by atoms with Gasteiger partial charge in [0.15, 0.2) is 10.8 Å². The summed E-state index contributed by atoms with van der Waals surface area (Å²) in [5.41, 5.74) is 3.58. The predicted molar refractivity (Wildman–Crippen MR) is 107 cm³/mol. The molecule has 8 heteroatoms. The fourth-order valence-corrected chi connectivity index (χ4v) is 3.53. The number of benzene rings is 1. The normalized spacial score (nSPS) is 12.3. The molecule has 0 aliphatic carbocycles. The predicted octanol–water partition coefficient (Wildman–Crippen LogP) is 2.85. The molecule has 1 aromatic carbocycles. The highest BCUT2D eigenvalue weighted by molar-refractivity contribution is 7.99. The van der Waals surface area contributed by atoms with Crippen LogP contribution in [0.5, 0.6) is 0 Å². The average molecular weight is 385 g/mol. The lowest BCUT2D eigenvalue weighted by atomic mass is 10.2. The SMILES string of the molecule is CCC(C)NC(=O)CSc1nc2n[nH]c(C)c2c(=N)n1-c1ccc(C)cc1. The van der Waals surface area contributed by atoms with E-state index in [9.17, 15) is 4.79 Å². The number of H-pyrrole nitrogens is 1. The topological polar surface area (TPSA) is 99.5 Å². The number of aromatic amines is 1. The van der Waals surface area contributed by atoms with Crippen molar-refractivity contribution < 1.29 is 4.79 Å². The molecule has 0 aliphatic heterocycles. The molecule has 2 heterocycles. The van der Waals surface area contributed by atoms with Crippen molar-refractivity contribution in [1.29, 1.82) is 5.41 Å². The number of amides is 1. The van der Waals surface area contributed by atoms with Crippen molar-refractivity contribution in [2.75, 3.05) is 5.75 Å². The van der Waals surface area contributed by atoms with Gasteiger partial charge in [0.1, 0.15) is 5.49 Å². The lowest BCUT2D eigenvalue weighted by Crippen LogP contribution is -2.33. The number of carbonyl (C=O) groups excluding carboxylic acids is 1. The van der Waals surface area contributed by atoms with E-state index in [1.807, 2.05) is 52.0 Å². The van der Waals surface area contributed by atoms with Crippen LogP contribution in [0.4, 0.5) is 0 Å². The van der Waals surface area contributed by atoms with Crippen molar-refractivity contribution in [1.82, 2.24) is 25.1 Å². The van der Waals surface area contributed by atoms with Crippen molar-refractivity contribution in [3.8, 4) is 5.69 Å². The number of rotatable bonds is 6. The molecular weight excluding hydrogens is 360 g/mol. The van der Waals surface area contributed by atoms with E-state index in [0.29, 0.717) is 21.7 Å². The van der Waals surface area contributed by atoms with Gasteiger partial charge in [-0.3, -0.25) is 19.9 Å². The molecule has 1 amide bonds. The summed E-state index contributed by atoms with van der Waals surface area (Å²) in [6.45, 7) is 7.91. The summed E-state index contributed by atoms with van der Waals surface area (Å²) in [7, 11) is 0. The first-order valence-corrected chi connectivity index (χ1v) is 9.90. The Morgan fingerprint density at radius 3 is 2.70 bits per heavy atom. The van der Waals surface area contributed by atoms with E-state index >= 15 is 0 Å². The fourth-order valence-electron chi connectivity index (χ4n) is 2.71. The van der Waals surface area contributed by atoms with Crippen molar-refractivity contribution in [3.05, 3.63) is 41.0 Å². The van der Waals surface area contributed by atoms with Crippen LogP contribution in [0.1, 0.15) is 31.5 Å². The van der Waals surface area contributed by atoms with Crippen LogP contribution in [0.15, 0.2) is 29.4 Å². The zero-order chi connectivity index (χ0) is 19.6. The highest BCUT2D eigenvalue weighted by Gasteiger charge is 2.16. The zero-order valence-electron chi connectivity index (χ0n) is 16.0. The van der Waals surface area contributed by atoms with E-state index in [1.54, 1.807) is 4.57 Å². The quantitative estimate of drug-likeness (QED) is 0.449. The van der Waals surface area contributed by atoms with Crippen LogP contribution >= 0.6 is 11.8 Å². The first-order chi connectivity index (χ1) is 12.9. The molecule has 0 fully saturated rings. The third kappa shape index (κ3) is 4.05. The Labute approximate surface area is 162 Å². The Morgan fingerprint density at radius 2 is 2.04 bits per heavy atom. The van der Waals surface area contributed by atoms with Gasteiger partial charge in [-0.1, -0.05) is 36.4 Å². The third-order valence-electron chi connectivity index (χ3n) is 4.43. The molecule has 27 heavy (non-hydrogen) atoms. The summed E-state index contributed by atoms with van der Waals surface area (Å²) < 4.78 is 1.77. The number of nitrogens with zero attached hydrogens (tertiary/aromatic N) is 3. The Bertz CT molecular complexity index is 1020. The van der Waals surface area contributed by atoms with E-state index in [0.717, 1.165) is 23.4 Å². The van der Waals surface area contributed by atoms with Crippen LogP contribution in [-0.2, 0) is 4.79 Å². The molecule has 1 atom stereocenters. The highest BCUT2D eigenvalue weighted by atomic mass is 32.2. The van der Waals surface area contributed by atoms with Crippen LogP contribution in [0, 0.1) is 19.3 Å². The van der Waals surface area contributed by atoms with Gasteiger partial charge in [0.25, 0.3) is 0 Å². The van der Waals surface area contributed by atoms with Gasteiger partial charge in [-0.05, 0) is 39.3 Å². The number of fused-ring (bicyclic) bond motifs is 1. The molecular formula is C19H24N6OS. The summed E-state index contributed by atoms with van der Waals surface area (Å²) in [6, 6.07) is 8.05. The molecule has 0 saturated heterocycles. The maximum atomic E-state index is 12.2. The van der Waals surface area contributed by atoms with Crippen LogP contribution in [0.3, 0.4) is 0 Å². The summed E-state index contributed by atoms with van der Waals surface area (Å²) in [5.74, 6) is 0.189. The number of hydrogen-bond donors (Lipinski definition) is 3. The maximum Gasteiger partial charge on any atom is 0.230 e. The van der Waals surface area contributed by atoms with Crippen LogP contribution in [-0.4, -0.2) is 37.5 Å². The summed E-state index contributed by atoms with van der Waals surface area (Å²) in [5, 5.41) is 20.0. The molecule has 0 saturated carbocycles. The molecule has 142 valence electrons. The Balaban J connectivity index is 2.02. The fraction of sp³-hybridized carbons (Fsp3) is 0.368. The van der Waals surface area contributed by atoms with E-state index in [2.05, 4.69) is 20.5 Å². The number of thioether (sulfide) groups is 1. The Kier molecular flexibility index (Phi) is 5.65. The Hall–Kier alpha value is -2.61. The minimum absolute atomic E-state index is 0.0450. The van der Waals surface area contributed by atoms with Crippen LogP contribution in [0.2, 0.25) is 0 Å². The van der Waals surface area contributed by atoms with Gasteiger partial charge in [-0.25, -0.2) is 4.98 Å². The largest absolute Gasteiger partial charge is 0.353 e. The van der Waals surface area contributed by atoms with Gasteiger partial charge < -0.3 is 5.32 Å². The standard InChI is InChI=1S/C19H24N6OS/c1-5-12(3)21-15(26)10-27-19-22-18-16(13(4)23-24-18)17(20)25(19)14-8-6-11(2)7-9-14/h6-9,12,20H,5,10H2,1-4H3,(H,21,26)(H,23,24). The minimum atomic E-state index is -0.0450. The minimum Gasteiger partial charge on any atom is -0.353 e. The molecule has 1 unspecified atom stereocenters. The molecule has 0 spiro atoms. The summed E-state index contributed by atoms with van der Waals surface area (Å²) in [4.78, 5) is 16.8. The van der Waals surface area contributed by atoms with Gasteiger partial charge in [0, 0.05) is 17.4 Å². The van der Waals surface area contributed by atoms with Gasteiger partial charge >= 0.3 is 0 Å². The first kappa shape index (κ1) is 19.2. The van der Waals surface area contributed by atoms with E-state index < -0.39 is 0 Å². The zero-order valence-corrected chi connectivity index (χ0v) is 16.8. The molecule has 0 aliphatic rings. The number of aryl methyl sites for hydroxylation is 2. The molecule has 2 aromatic heterocycles. The van der Waals surface area contributed by atoms with Crippen molar-refractivity contribution in [2.45, 2.75) is 45.3 Å². The number of aromatic nitrogens is 4. The van der Waals surface area contributed by atoms with Crippen LogP contribution in [0.25, 0.3) is 16.7 Å². The van der Waals surface area contributed by atoms with Crippen molar-refractivity contribution in [2.24, 2.45) is 0 Å². The second-order valence-corrected chi connectivity index (χ2v) is 7.57.